The third kappa shape index (κ3) is 7.06. The summed E-state index contributed by atoms with van der Waals surface area (Å²) in [7, 11) is 1.87. The Hall–Kier alpha value is -5.94. The van der Waals surface area contributed by atoms with Gasteiger partial charge in [0.15, 0.2) is 0 Å². The Bertz CT molecular complexity index is 2080. The number of anilines is 2. The van der Waals surface area contributed by atoms with Crippen molar-refractivity contribution in [3.05, 3.63) is 108 Å². The largest absolute Gasteiger partial charge is 0.415 e. The molecule has 8 rings (SSSR count). The molecule has 12 nitrogen and oxygen atoms in total. The second-order valence-electron chi connectivity index (χ2n) is 11.9. The first kappa shape index (κ1) is 33.6. The van der Waals surface area contributed by atoms with E-state index in [1.165, 1.54) is 49.1 Å². The molecule has 0 saturated heterocycles. The fraction of sp³-hybridized carbons (Fsp3) is 0.273. The van der Waals surface area contributed by atoms with Gasteiger partial charge in [-0.05, 0) is 61.1 Å². The molecule has 2 aliphatic carbocycles. The first-order valence-corrected chi connectivity index (χ1v) is 15.5. The molecule has 1 N–H and O–H groups in total. The molecule has 0 radical (unpaired) electrons. The summed E-state index contributed by atoms with van der Waals surface area (Å²) in [6, 6.07) is 12.7. The zero-order chi connectivity index (χ0) is 35.8. The number of hydrogen-bond donors (Lipinski definition) is 1. The molecular weight excluding hydrogens is 682 g/mol. The topological polar surface area (TPSA) is 145 Å². The van der Waals surface area contributed by atoms with Crippen LogP contribution in [0.15, 0.2) is 82.2 Å². The quantitative estimate of drug-likeness (QED) is 0.141. The van der Waals surface area contributed by atoms with E-state index in [-0.39, 0.29) is 34.5 Å². The Morgan fingerprint density at radius 3 is 1.49 bits per heavy atom. The average molecular weight is 709 g/mol. The number of nitrogens with one attached hydrogen (secondary N) is 1. The van der Waals surface area contributed by atoms with Gasteiger partial charge >= 0.3 is 12.9 Å². The SMILES string of the molecule is CN(c1ncc(-c2nnc(C(F)F)o2)cn1)C1(c2ccc(F)cc2)CC1.Fc1ccc(C2(Nc3ncc(-c4nnc(C(F)F)o4)cn3)CC2)cc1. The van der Waals surface area contributed by atoms with E-state index in [0.29, 0.717) is 23.0 Å². The summed E-state index contributed by atoms with van der Waals surface area (Å²) >= 11 is 0. The molecule has 0 spiro atoms. The smallest absolute Gasteiger partial charge is 0.314 e. The lowest BCUT2D eigenvalue weighted by Gasteiger charge is -2.28. The van der Waals surface area contributed by atoms with E-state index >= 15 is 0 Å². The monoisotopic (exact) mass is 708 g/mol. The van der Waals surface area contributed by atoms with Gasteiger partial charge < -0.3 is 19.1 Å². The zero-order valence-electron chi connectivity index (χ0n) is 26.5. The lowest BCUT2D eigenvalue weighted by molar-refractivity contribution is 0.115. The third-order valence-electron chi connectivity index (χ3n) is 8.58. The number of nitrogens with zero attached hydrogens (tertiary/aromatic N) is 9. The molecule has 2 saturated carbocycles. The van der Waals surface area contributed by atoms with Crippen LogP contribution in [0.5, 0.6) is 0 Å². The highest BCUT2D eigenvalue weighted by atomic mass is 19.3. The van der Waals surface area contributed by atoms with E-state index in [4.69, 9.17) is 8.83 Å². The Morgan fingerprint density at radius 2 is 1.08 bits per heavy atom. The fourth-order valence-electron chi connectivity index (χ4n) is 5.47. The maximum absolute atomic E-state index is 13.2. The number of halogens is 6. The standard InChI is InChI=1S/C17H14F3N5O.C16H12F3N5O/c1-25(17(6-7-17)11-2-4-12(18)5-3-11)16-21-8-10(9-22-16)14-23-24-15(26-14)13(19)20;17-11-3-1-10(2-4-11)16(5-6-16)22-15-20-7-9(8-21-15)13-23-24-14(25-13)12(18)19/h2-5,8-9,13H,6-7H2,1H3;1-4,7-8,12H,5-6H2,(H,20,21,22). The van der Waals surface area contributed by atoms with Crippen LogP contribution in [0.4, 0.5) is 38.2 Å². The minimum Gasteiger partial charge on any atom is -0.415 e. The maximum atomic E-state index is 13.2. The molecule has 18 heteroatoms. The van der Waals surface area contributed by atoms with Crippen molar-refractivity contribution in [3.63, 3.8) is 0 Å². The van der Waals surface area contributed by atoms with Crippen LogP contribution in [0.25, 0.3) is 22.9 Å². The molecule has 4 aromatic heterocycles. The molecule has 0 aliphatic heterocycles. The molecule has 6 aromatic rings. The minimum atomic E-state index is -2.83. The van der Waals surface area contributed by atoms with Crippen molar-refractivity contribution in [3.8, 4) is 22.9 Å². The minimum absolute atomic E-state index is 0.0610. The van der Waals surface area contributed by atoms with Crippen LogP contribution in [0, 0.1) is 11.6 Å². The first-order valence-electron chi connectivity index (χ1n) is 15.5. The number of benzene rings is 2. The number of alkyl halides is 4. The van der Waals surface area contributed by atoms with Gasteiger partial charge in [0.25, 0.3) is 23.6 Å². The van der Waals surface area contributed by atoms with Crippen molar-refractivity contribution >= 4 is 11.9 Å². The summed E-state index contributed by atoms with van der Waals surface area (Å²) in [4.78, 5) is 18.8. The van der Waals surface area contributed by atoms with Gasteiger partial charge in [-0.1, -0.05) is 24.3 Å². The highest BCUT2D eigenvalue weighted by molar-refractivity contribution is 5.53. The van der Waals surface area contributed by atoms with E-state index in [9.17, 15) is 26.3 Å². The van der Waals surface area contributed by atoms with E-state index in [1.807, 2.05) is 11.9 Å². The highest BCUT2D eigenvalue weighted by Crippen LogP contribution is 2.51. The van der Waals surface area contributed by atoms with Crippen LogP contribution in [0.3, 0.4) is 0 Å². The van der Waals surface area contributed by atoms with Gasteiger partial charge in [-0.15, -0.1) is 20.4 Å². The van der Waals surface area contributed by atoms with Crippen LogP contribution in [-0.2, 0) is 11.1 Å². The molecule has 4 heterocycles. The Labute approximate surface area is 285 Å². The van der Waals surface area contributed by atoms with Gasteiger partial charge in [0, 0.05) is 31.8 Å². The van der Waals surface area contributed by atoms with Crippen molar-refractivity contribution in [2.45, 2.75) is 49.6 Å². The van der Waals surface area contributed by atoms with Crippen molar-refractivity contribution in [1.29, 1.82) is 0 Å². The Morgan fingerprint density at radius 1 is 0.627 bits per heavy atom. The molecule has 2 aliphatic rings. The summed E-state index contributed by atoms with van der Waals surface area (Å²) in [6.07, 6.45) is 3.64. The maximum Gasteiger partial charge on any atom is 0.314 e. The summed E-state index contributed by atoms with van der Waals surface area (Å²) in [6.45, 7) is 0. The van der Waals surface area contributed by atoms with Gasteiger partial charge in [0.05, 0.1) is 22.2 Å². The predicted molar refractivity (Wildman–Crippen MR) is 167 cm³/mol. The summed E-state index contributed by atoms with van der Waals surface area (Å²) in [5, 5.41) is 16.9. The zero-order valence-corrected chi connectivity index (χ0v) is 26.5. The third-order valence-corrected chi connectivity index (χ3v) is 8.58. The average Bonchev–Trinajstić information content (AvgIpc) is 3.99. The van der Waals surface area contributed by atoms with Crippen LogP contribution in [0.1, 0.15) is 61.4 Å². The van der Waals surface area contributed by atoms with Gasteiger partial charge in [-0.3, -0.25) is 0 Å². The molecular formula is C33H26F6N10O2. The van der Waals surface area contributed by atoms with Crippen LogP contribution < -0.4 is 10.2 Å². The Kier molecular flexibility index (Phi) is 8.82. The molecule has 0 amide bonds. The Balaban J connectivity index is 0.000000159. The highest BCUT2D eigenvalue weighted by Gasteiger charge is 2.49. The van der Waals surface area contributed by atoms with Crippen molar-refractivity contribution in [2.75, 3.05) is 17.3 Å². The molecule has 0 unspecified atom stereocenters. The van der Waals surface area contributed by atoms with Gasteiger partial charge in [-0.2, -0.15) is 17.6 Å². The molecule has 2 aromatic carbocycles. The number of aromatic nitrogens is 8. The predicted octanol–water partition coefficient (Wildman–Crippen LogP) is 7.43. The van der Waals surface area contributed by atoms with Gasteiger partial charge in [0.2, 0.25) is 11.9 Å². The lowest BCUT2D eigenvalue weighted by Crippen LogP contribution is -2.32. The normalized spacial score (nSPS) is 15.3. The first-order chi connectivity index (χ1) is 24.5. The van der Waals surface area contributed by atoms with Crippen molar-refractivity contribution in [1.82, 2.24) is 40.3 Å². The van der Waals surface area contributed by atoms with E-state index < -0.39 is 24.6 Å². The second kappa shape index (κ2) is 13.4. The second-order valence-corrected chi connectivity index (χ2v) is 11.9. The molecule has 2 fully saturated rings. The number of hydrogen-bond acceptors (Lipinski definition) is 12. The lowest BCUT2D eigenvalue weighted by atomic mass is 10.0. The summed E-state index contributed by atoms with van der Waals surface area (Å²) in [5.74, 6) is -1.35. The van der Waals surface area contributed by atoms with Crippen LogP contribution in [0.2, 0.25) is 0 Å². The molecule has 0 atom stereocenters. The van der Waals surface area contributed by atoms with Gasteiger partial charge in [-0.25, -0.2) is 28.7 Å². The van der Waals surface area contributed by atoms with Crippen molar-refractivity contribution < 1.29 is 35.2 Å². The van der Waals surface area contributed by atoms with Gasteiger partial charge in [0.1, 0.15) is 11.6 Å². The fourth-order valence-corrected chi connectivity index (χ4v) is 5.47. The summed E-state index contributed by atoms with van der Waals surface area (Å²) in [5.41, 5.74) is 2.09. The number of rotatable bonds is 10. The van der Waals surface area contributed by atoms with Crippen LogP contribution in [-0.4, -0.2) is 47.4 Å². The van der Waals surface area contributed by atoms with E-state index in [2.05, 4.69) is 45.6 Å². The van der Waals surface area contributed by atoms with Crippen molar-refractivity contribution in [2.24, 2.45) is 0 Å². The van der Waals surface area contributed by atoms with E-state index in [1.54, 1.807) is 24.3 Å². The molecule has 262 valence electrons. The molecule has 0 bridgehead atoms. The van der Waals surface area contributed by atoms with Crippen LogP contribution >= 0.6 is 0 Å². The molecule has 51 heavy (non-hydrogen) atoms. The van der Waals surface area contributed by atoms with E-state index in [0.717, 1.165) is 36.8 Å². The summed E-state index contributed by atoms with van der Waals surface area (Å²) < 4.78 is 86.0.